The maximum atomic E-state index is 12.5. The highest BCUT2D eigenvalue weighted by Crippen LogP contribution is 2.18. The Morgan fingerprint density at radius 3 is 2.54 bits per heavy atom. The lowest BCUT2D eigenvalue weighted by molar-refractivity contribution is 0.0913. The first-order valence-corrected chi connectivity index (χ1v) is 7.89. The van der Waals surface area contributed by atoms with Crippen LogP contribution >= 0.6 is 0 Å². The molecule has 2 atom stereocenters. The van der Waals surface area contributed by atoms with Gasteiger partial charge in [0.25, 0.3) is 11.5 Å². The second-order valence-electron chi connectivity index (χ2n) is 6.05. The van der Waals surface area contributed by atoms with E-state index >= 15 is 0 Å². The van der Waals surface area contributed by atoms with E-state index in [0.29, 0.717) is 17.7 Å². The van der Waals surface area contributed by atoms with Crippen LogP contribution in [0.4, 0.5) is 0 Å². The summed E-state index contributed by atoms with van der Waals surface area (Å²) in [6, 6.07) is 8.98. The molecular formula is C18H23N3O3. The number of carbonyl (C=O) groups is 1. The van der Waals surface area contributed by atoms with E-state index in [0.717, 1.165) is 5.56 Å². The molecule has 1 amide bonds. The largest absolute Gasteiger partial charge is 0.388 e. The van der Waals surface area contributed by atoms with Gasteiger partial charge in [-0.05, 0) is 38.3 Å². The van der Waals surface area contributed by atoms with E-state index in [-0.39, 0.29) is 11.6 Å². The molecule has 0 saturated carbocycles. The number of aliphatic hydroxyl groups is 1. The van der Waals surface area contributed by atoms with Crippen LogP contribution in [0, 0.1) is 13.8 Å². The lowest BCUT2D eigenvalue weighted by Crippen LogP contribution is -2.39. The zero-order valence-electron chi connectivity index (χ0n) is 14.4. The number of carbonyl (C=O) groups excluding carboxylic acids is 1. The number of benzene rings is 1. The highest BCUT2D eigenvalue weighted by molar-refractivity contribution is 5.95. The van der Waals surface area contributed by atoms with E-state index in [9.17, 15) is 14.7 Å². The number of aliphatic hydroxyl groups excluding tert-OH is 1. The number of aromatic nitrogens is 2. The van der Waals surface area contributed by atoms with Gasteiger partial charge in [0.2, 0.25) is 0 Å². The van der Waals surface area contributed by atoms with Gasteiger partial charge < -0.3 is 10.4 Å². The second-order valence-corrected chi connectivity index (χ2v) is 6.05. The summed E-state index contributed by atoms with van der Waals surface area (Å²) in [6.07, 6.45) is -0.316. The standard InChI is InChI=1S/C18H23N3O3/c1-11(10-15(22)14-8-6-5-7-9-14)19-17(23)16-12(2)13(3)20-21(4)18(16)24/h5-9,11,15,22H,10H2,1-4H3,(H,19,23). The summed E-state index contributed by atoms with van der Waals surface area (Å²) >= 11 is 0. The molecule has 0 bridgehead atoms. The second kappa shape index (κ2) is 7.40. The van der Waals surface area contributed by atoms with Crippen molar-refractivity contribution in [2.45, 2.75) is 39.3 Å². The van der Waals surface area contributed by atoms with Crippen LogP contribution < -0.4 is 10.9 Å². The minimum atomic E-state index is -0.676. The maximum Gasteiger partial charge on any atom is 0.279 e. The quantitative estimate of drug-likeness (QED) is 0.873. The SMILES string of the molecule is Cc1nn(C)c(=O)c(C(=O)NC(C)CC(O)c2ccccc2)c1C. The van der Waals surface area contributed by atoms with Crippen molar-refractivity contribution in [1.29, 1.82) is 0 Å². The molecule has 0 fully saturated rings. The van der Waals surface area contributed by atoms with Gasteiger partial charge in [-0.1, -0.05) is 30.3 Å². The Morgan fingerprint density at radius 2 is 1.92 bits per heavy atom. The zero-order chi connectivity index (χ0) is 17.9. The van der Waals surface area contributed by atoms with Gasteiger partial charge in [-0.3, -0.25) is 9.59 Å². The zero-order valence-corrected chi connectivity index (χ0v) is 14.4. The summed E-state index contributed by atoms with van der Waals surface area (Å²) in [5, 5.41) is 17.1. The molecule has 2 aromatic rings. The predicted molar refractivity (Wildman–Crippen MR) is 91.9 cm³/mol. The van der Waals surface area contributed by atoms with Gasteiger partial charge in [-0.2, -0.15) is 5.10 Å². The van der Waals surface area contributed by atoms with E-state index in [1.54, 1.807) is 20.8 Å². The minimum Gasteiger partial charge on any atom is -0.388 e. The van der Waals surface area contributed by atoms with Crippen molar-refractivity contribution in [3.63, 3.8) is 0 Å². The van der Waals surface area contributed by atoms with Crippen LogP contribution in [0.3, 0.4) is 0 Å². The smallest absolute Gasteiger partial charge is 0.279 e. The normalized spacial score (nSPS) is 13.4. The molecule has 0 radical (unpaired) electrons. The van der Waals surface area contributed by atoms with E-state index in [4.69, 9.17) is 0 Å². The van der Waals surface area contributed by atoms with Gasteiger partial charge in [-0.15, -0.1) is 0 Å². The number of rotatable bonds is 5. The molecule has 6 heteroatoms. The third kappa shape index (κ3) is 3.89. The number of hydrogen-bond donors (Lipinski definition) is 2. The summed E-state index contributed by atoms with van der Waals surface area (Å²) in [4.78, 5) is 24.7. The molecule has 128 valence electrons. The Kier molecular flexibility index (Phi) is 5.51. The van der Waals surface area contributed by atoms with Crippen molar-refractivity contribution >= 4 is 5.91 Å². The van der Waals surface area contributed by atoms with E-state index in [1.165, 1.54) is 11.7 Å². The van der Waals surface area contributed by atoms with Crippen molar-refractivity contribution < 1.29 is 9.90 Å². The fourth-order valence-electron chi connectivity index (χ4n) is 2.62. The number of hydrogen-bond acceptors (Lipinski definition) is 4. The van der Waals surface area contributed by atoms with Crippen molar-refractivity contribution in [3.05, 3.63) is 63.1 Å². The third-order valence-electron chi connectivity index (χ3n) is 4.09. The van der Waals surface area contributed by atoms with Gasteiger partial charge in [-0.25, -0.2) is 4.68 Å². The average molecular weight is 329 g/mol. The molecule has 2 rings (SSSR count). The lowest BCUT2D eigenvalue weighted by Gasteiger charge is -2.19. The van der Waals surface area contributed by atoms with Crippen molar-refractivity contribution in [2.75, 3.05) is 0 Å². The van der Waals surface area contributed by atoms with Crippen molar-refractivity contribution in [3.8, 4) is 0 Å². The average Bonchev–Trinajstić information content (AvgIpc) is 2.54. The monoisotopic (exact) mass is 329 g/mol. The van der Waals surface area contributed by atoms with Crippen molar-refractivity contribution in [2.24, 2.45) is 7.05 Å². The molecule has 0 aliphatic heterocycles. The van der Waals surface area contributed by atoms with Gasteiger partial charge in [0.05, 0.1) is 11.8 Å². The van der Waals surface area contributed by atoms with Gasteiger partial charge in [0, 0.05) is 13.1 Å². The highest BCUT2D eigenvalue weighted by Gasteiger charge is 2.20. The maximum absolute atomic E-state index is 12.5. The van der Waals surface area contributed by atoms with E-state index < -0.39 is 17.6 Å². The summed E-state index contributed by atoms with van der Waals surface area (Å²) in [5.74, 6) is -0.439. The molecule has 2 N–H and O–H groups in total. The first-order chi connectivity index (χ1) is 11.3. The van der Waals surface area contributed by atoms with Crippen LogP contribution in [0.15, 0.2) is 35.1 Å². The van der Waals surface area contributed by atoms with Crippen LogP contribution in [-0.4, -0.2) is 26.8 Å². The summed E-state index contributed by atoms with van der Waals surface area (Å²) < 4.78 is 1.17. The molecular weight excluding hydrogens is 306 g/mol. The Balaban J connectivity index is 2.11. The molecule has 0 saturated heterocycles. The molecule has 2 unspecified atom stereocenters. The molecule has 24 heavy (non-hydrogen) atoms. The molecule has 0 aliphatic carbocycles. The Hall–Kier alpha value is -2.47. The van der Waals surface area contributed by atoms with Crippen LogP contribution in [-0.2, 0) is 7.05 Å². The number of aryl methyl sites for hydroxylation is 2. The molecule has 0 spiro atoms. The van der Waals surface area contributed by atoms with Crippen molar-refractivity contribution in [1.82, 2.24) is 15.1 Å². The van der Waals surface area contributed by atoms with Crippen LogP contribution in [0.2, 0.25) is 0 Å². The fourth-order valence-corrected chi connectivity index (χ4v) is 2.62. The van der Waals surface area contributed by atoms with E-state index in [1.807, 2.05) is 30.3 Å². The number of nitrogens with one attached hydrogen (secondary N) is 1. The molecule has 0 aliphatic rings. The first-order valence-electron chi connectivity index (χ1n) is 7.89. The number of nitrogens with zero attached hydrogens (tertiary/aromatic N) is 2. The highest BCUT2D eigenvalue weighted by atomic mass is 16.3. The Labute approximate surface area is 141 Å². The van der Waals surface area contributed by atoms with Gasteiger partial charge >= 0.3 is 0 Å². The topological polar surface area (TPSA) is 84.2 Å². The molecule has 1 aromatic carbocycles. The minimum absolute atomic E-state index is 0.103. The lowest BCUT2D eigenvalue weighted by atomic mass is 10.0. The summed E-state index contributed by atoms with van der Waals surface area (Å²) in [6.45, 7) is 5.27. The Bertz CT molecular complexity index is 784. The molecule has 1 aromatic heterocycles. The first kappa shape index (κ1) is 17.9. The molecule has 6 nitrogen and oxygen atoms in total. The number of amides is 1. The summed E-state index contributed by atoms with van der Waals surface area (Å²) in [7, 11) is 1.52. The van der Waals surface area contributed by atoms with Crippen LogP contribution in [0.5, 0.6) is 0 Å². The predicted octanol–water partition coefficient (Wildman–Crippen LogP) is 1.64. The molecule has 1 heterocycles. The summed E-state index contributed by atoms with van der Waals surface area (Å²) in [5.41, 5.74) is 1.69. The van der Waals surface area contributed by atoms with Crippen LogP contribution in [0.25, 0.3) is 0 Å². The fraction of sp³-hybridized carbons (Fsp3) is 0.389. The van der Waals surface area contributed by atoms with Gasteiger partial charge in [0.1, 0.15) is 5.56 Å². The Morgan fingerprint density at radius 1 is 1.29 bits per heavy atom. The van der Waals surface area contributed by atoms with Gasteiger partial charge in [0.15, 0.2) is 0 Å². The van der Waals surface area contributed by atoms with Crippen LogP contribution in [0.1, 0.15) is 46.6 Å². The van der Waals surface area contributed by atoms with E-state index in [2.05, 4.69) is 10.4 Å². The third-order valence-corrected chi connectivity index (χ3v) is 4.09.